The van der Waals surface area contributed by atoms with Crippen molar-refractivity contribution in [2.75, 3.05) is 16.9 Å². The van der Waals surface area contributed by atoms with Crippen LogP contribution in [0.15, 0.2) is 30.3 Å². The highest BCUT2D eigenvalue weighted by atomic mass is 15.3. The van der Waals surface area contributed by atoms with Gasteiger partial charge < -0.3 is 10.3 Å². The summed E-state index contributed by atoms with van der Waals surface area (Å²) in [7, 11) is 0. The van der Waals surface area contributed by atoms with Crippen LogP contribution in [0.1, 0.15) is 36.7 Å². The van der Waals surface area contributed by atoms with Gasteiger partial charge in [-0.1, -0.05) is 38.1 Å². The van der Waals surface area contributed by atoms with Gasteiger partial charge in [0.15, 0.2) is 0 Å². The molecule has 21 heavy (non-hydrogen) atoms. The molecule has 5 nitrogen and oxygen atoms in total. The molecular formula is C16H21N5. The zero-order valence-electron chi connectivity index (χ0n) is 12.5. The van der Waals surface area contributed by atoms with E-state index in [1.165, 1.54) is 11.1 Å². The third kappa shape index (κ3) is 2.83. The summed E-state index contributed by atoms with van der Waals surface area (Å²) in [6, 6.07) is 10.5. The Morgan fingerprint density at radius 3 is 2.67 bits per heavy atom. The van der Waals surface area contributed by atoms with Crippen LogP contribution in [-0.4, -0.2) is 16.5 Å². The first kappa shape index (κ1) is 13.8. The normalized spacial score (nSPS) is 14.2. The Kier molecular flexibility index (Phi) is 3.75. The van der Waals surface area contributed by atoms with Gasteiger partial charge in [0.2, 0.25) is 0 Å². The van der Waals surface area contributed by atoms with Crippen molar-refractivity contribution < 1.29 is 0 Å². The molecule has 0 unspecified atom stereocenters. The van der Waals surface area contributed by atoms with E-state index in [-0.39, 0.29) is 5.92 Å². The molecular weight excluding hydrogens is 262 g/mol. The van der Waals surface area contributed by atoms with E-state index in [2.05, 4.69) is 53.4 Å². The van der Waals surface area contributed by atoms with Gasteiger partial charge >= 0.3 is 0 Å². The van der Waals surface area contributed by atoms with Crippen LogP contribution >= 0.6 is 0 Å². The third-order valence-electron chi connectivity index (χ3n) is 3.85. The maximum absolute atomic E-state index is 5.54. The summed E-state index contributed by atoms with van der Waals surface area (Å²) >= 11 is 0. The Labute approximate surface area is 125 Å². The molecule has 0 fully saturated rings. The topological polar surface area (TPSA) is 67.1 Å². The quantitative estimate of drug-likeness (QED) is 0.669. The minimum absolute atomic E-state index is 0.272. The first-order valence-corrected chi connectivity index (χ1v) is 7.34. The lowest BCUT2D eigenvalue weighted by molar-refractivity contribution is 0.703. The van der Waals surface area contributed by atoms with Crippen LogP contribution in [-0.2, 0) is 13.0 Å². The van der Waals surface area contributed by atoms with E-state index >= 15 is 0 Å². The van der Waals surface area contributed by atoms with Crippen molar-refractivity contribution in [3.05, 3.63) is 47.3 Å². The SMILES string of the molecule is CC(C)c1nc(NN)cc(N2CCc3ccccc3C2)n1. The molecule has 2 heterocycles. The smallest absolute Gasteiger partial charge is 0.145 e. The fourth-order valence-corrected chi connectivity index (χ4v) is 2.64. The summed E-state index contributed by atoms with van der Waals surface area (Å²) in [5, 5.41) is 0. The maximum atomic E-state index is 5.54. The molecule has 5 heteroatoms. The molecule has 1 aliphatic rings. The van der Waals surface area contributed by atoms with Gasteiger partial charge in [0.05, 0.1) is 0 Å². The second-order valence-electron chi connectivity index (χ2n) is 5.71. The summed E-state index contributed by atoms with van der Waals surface area (Å²) < 4.78 is 0. The summed E-state index contributed by atoms with van der Waals surface area (Å²) in [5.41, 5.74) is 5.45. The van der Waals surface area contributed by atoms with Crippen molar-refractivity contribution in [1.82, 2.24) is 9.97 Å². The molecule has 0 atom stereocenters. The minimum Gasteiger partial charge on any atom is -0.352 e. The van der Waals surface area contributed by atoms with E-state index in [0.717, 1.165) is 31.2 Å². The Morgan fingerprint density at radius 1 is 1.19 bits per heavy atom. The highest BCUT2D eigenvalue weighted by molar-refractivity contribution is 5.51. The molecule has 1 aromatic heterocycles. The summed E-state index contributed by atoms with van der Waals surface area (Å²) in [6.07, 6.45) is 1.04. The number of nitrogen functional groups attached to an aromatic ring is 1. The number of nitrogens with one attached hydrogen (secondary N) is 1. The van der Waals surface area contributed by atoms with Crippen LogP contribution in [0.2, 0.25) is 0 Å². The van der Waals surface area contributed by atoms with Crippen molar-refractivity contribution in [3.63, 3.8) is 0 Å². The molecule has 0 bridgehead atoms. The lowest BCUT2D eigenvalue weighted by Gasteiger charge is -2.30. The van der Waals surface area contributed by atoms with Crippen LogP contribution in [0.25, 0.3) is 0 Å². The van der Waals surface area contributed by atoms with E-state index in [9.17, 15) is 0 Å². The highest BCUT2D eigenvalue weighted by Gasteiger charge is 2.19. The molecule has 1 aliphatic heterocycles. The molecule has 0 aliphatic carbocycles. The Hall–Kier alpha value is -2.14. The van der Waals surface area contributed by atoms with Gasteiger partial charge in [-0.3, -0.25) is 0 Å². The van der Waals surface area contributed by atoms with Crippen LogP contribution in [0, 0.1) is 0 Å². The van der Waals surface area contributed by atoms with E-state index in [1.54, 1.807) is 0 Å². The summed E-state index contributed by atoms with van der Waals surface area (Å²) in [5.74, 6) is 8.24. The largest absolute Gasteiger partial charge is 0.352 e. The van der Waals surface area contributed by atoms with Gasteiger partial charge in [-0.05, 0) is 17.5 Å². The molecule has 1 aromatic carbocycles. The summed E-state index contributed by atoms with van der Waals surface area (Å²) in [6.45, 7) is 6.03. The first-order valence-electron chi connectivity index (χ1n) is 7.34. The van der Waals surface area contributed by atoms with E-state index in [0.29, 0.717) is 5.82 Å². The molecule has 0 amide bonds. The van der Waals surface area contributed by atoms with Crippen LogP contribution in [0.3, 0.4) is 0 Å². The number of anilines is 2. The lowest BCUT2D eigenvalue weighted by atomic mass is 10.00. The van der Waals surface area contributed by atoms with Crippen molar-refractivity contribution in [1.29, 1.82) is 0 Å². The van der Waals surface area contributed by atoms with E-state index in [4.69, 9.17) is 10.8 Å². The van der Waals surface area contributed by atoms with Crippen LogP contribution < -0.4 is 16.2 Å². The van der Waals surface area contributed by atoms with Gasteiger partial charge in [0.25, 0.3) is 0 Å². The zero-order chi connectivity index (χ0) is 14.8. The highest BCUT2D eigenvalue weighted by Crippen LogP contribution is 2.25. The standard InChI is InChI=1S/C16H21N5/c1-11(2)16-18-14(20-17)9-15(19-16)21-8-7-12-5-3-4-6-13(12)10-21/h3-6,9,11H,7-8,10,17H2,1-2H3,(H,18,19,20). The third-order valence-corrected chi connectivity index (χ3v) is 3.85. The van der Waals surface area contributed by atoms with E-state index < -0.39 is 0 Å². The Morgan fingerprint density at radius 2 is 1.95 bits per heavy atom. The van der Waals surface area contributed by atoms with Crippen molar-refractivity contribution >= 4 is 11.6 Å². The number of aromatic nitrogens is 2. The second-order valence-corrected chi connectivity index (χ2v) is 5.71. The molecule has 0 saturated carbocycles. The second kappa shape index (κ2) is 5.69. The van der Waals surface area contributed by atoms with Crippen LogP contribution in [0.4, 0.5) is 11.6 Å². The molecule has 0 radical (unpaired) electrons. The van der Waals surface area contributed by atoms with Crippen molar-refractivity contribution in [2.24, 2.45) is 5.84 Å². The zero-order valence-corrected chi connectivity index (χ0v) is 12.5. The Bertz CT molecular complexity index is 638. The van der Waals surface area contributed by atoms with Gasteiger partial charge in [-0.15, -0.1) is 0 Å². The van der Waals surface area contributed by atoms with Gasteiger partial charge in [0, 0.05) is 25.1 Å². The predicted molar refractivity (Wildman–Crippen MR) is 85.1 cm³/mol. The van der Waals surface area contributed by atoms with Gasteiger partial charge in [0.1, 0.15) is 17.5 Å². The predicted octanol–water partition coefficient (Wildman–Crippen LogP) is 2.45. The average molecular weight is 283 g/mol. The first-order chi connectivity index (χ1) is 10.2. The summed E-state index contributed by atoms with van der Waals surface area (Å²) in [4.78, 5) is 11.4. The lowest BCUT2D eigenvalue weighted by Crippen LogP contribution is -2.31. The number of hydrazine groups is 1. The molecule has 2 aromatic rings. The fourth-order valence-electron chi connectivity index (χ4n) is 2.64. The molecule has 0 spiro atoms. The number of hydrogen-bond donors (Lipinski definition) is 2. The van der Waals surface area contributed by atoms with Gasteiger partial charge in [-0.25, -0.2) is 15.8 Å². The van der Waals surface area contributed by atoms with Gasteiger partial charge in [-0.2, -0.15) is 0 Å². The molecule has 0 saturated heterocycles. The number of nitrogens with zero attached hydrogens (tertiary/aromatic N) is 3. The van der Waals surface area contributed by atoms with Crippen molar-refractivity contribution in [3.8, 4) is 0 Å². The number of fused-ring (bicyclic) bond motifs is 1. The number of hydrogen-bond acceptors (Lipinski definition) is 5. The number of benzene rings is 1. The van der Waals surface area contributed by atoms with E-state index in [1.807, 2.05) is 6.07 Å². The van der Waals surface area contributed by atoms with Crippen LogP contribution in [0.5, 0.6) is 0 Å². The van der Waals surface area contributed by atoms with Crippen molar-refractivity contribution in [2.45, 2.75) is 32.7 Å². The maximum Gasteiger partial charge on any atom is 0.145 e. The number of rotatable bonds is 3. The molecule has 110 valence electrons. The number of nitrogens with two attached hydrogens (primary N) is 1. The monoisotopic (exact) mass is 283 g/mol. The minimum atomic E-state index is 0.272. The fraction of sp³-hybridized carbons (Fsp3) is 0.375. The average Bonchev–Trinajstić information content (AvgIpc) is 2.53. The Balaban J connectivity index is 1.92. The molecule has 3 rings (SSSR count). The molecule has 3 N–H and O–H groups in total.